The molecule has 2 aromatic carbocycles. The van der Waals surface area contributed by atoms with Crippen LogP contribution in [0.2, 0.25) is 10.0 Å². The number of rotatable bonds is 8. The molecule has 3 atom stereocenters. The van der Waals surface area contributed by atoms with Crippen LogP contribution < -0.4 is 10.1 Å². The van der Waals surface area contributed by atoms with Crippen LogP contribution in [0.1, 0.15) is 40.1 Å². The van der Waals surface area contributed by atoms with Crippen molar-refractivity contribution in [2.75, 3.05) is 32.1 Å². The monoisotopic (exact) mass is 570 g/mol. The molecule has 0 radical (unpaired) electrons. The number of aliphatic hydroxyl groups is 1. The first-order valence-corrected chi connectivity index (χ1v) is 13.5. The fourth-order valence-corrected chi connectivity index (χ4v) is 4.87. The van der Waals surface area contributed by atoms with Crippen LogP contribution in [0.25, 0.3) is 0 Å². The molecule has 2 heterocycles. The van der Waals surface area contributed by atoms with Gasteiger partial charge in [0.2, 0.25) is 0 Å². The SMILES string of the molecule is C[C@@H]1CN([C@@H](C)CO)C(=O)c2cc(NC(=O)c3ccncc3)ccc2O[C@@H]1CN(C)Cc1ccc(Cl)c(Cl)c1. The second kappa shape index (κ2) is 12.8. The molecule has 206 valence electrons. The number of hydrogen-bond acceptors (Lipinski definition) is 6. The standard InChI is InChI=1S/C29H32Cl2N4O4/c1-18-14-35(19(2)17-36)29(38)23-13-22(33-28(37)21-8-10-32-11-9-21)5-7-26(23)39-27(18)16-34(3)15-20-4-6-24(30)25(31)12-20/h4-13,18-19,27,36H,14-17H2,1-3H3,(H,33,37)/t18-,19+,27-/m1/s1. The van der Waals surface area contributed by atoms with E-state index in [1.807, 2.05) is 33.0 Å². The summed E-state index contributed by atoms with van der Waals surface area (Å²) in [4.78, 5) is 34.1. The van der Waals surface area contributed by atoms with Gasteiger partial charge in [-0.1, -0.05) is 36.2 Å². The number of amides is 2. The molecular weight excluding hydrogens is 539 g/mol. The summed E-state index contributed by atoms with van der Waals surface area (Å²) in [5.74, 6) is -0.177. The predicted octanol–water partition coefficient (Wildman–Crippen LogP) is 4.99. The molecule has 0 unspecified atom stereocenters. The minimum absolute atomic E-state index is 0.0292. The zero-order valence-electron chi connectivity index (χ0n) is 22.1. The van der Waals surface area contributed by atoms with Crippen molar-refractivity contribution < 1.29 is 19.4 Å². The Balaban J connectivity index is 1.59. The maximum atomic E-state index is 13.7. The van der Waals surface area contributed by atoms with Crippen LogP contribution >= 0.6 is 23.2 Å². The Kier molecular flexibility index (Phi) is 9.45. The molecule has 1 aromatic heterocycles. The van der Waals surface area contributed by atoms with Gasteiger partial charge in [0.05, 0.1) is 28.3 Å². The molecule has 0 aliphatic carbocycles. The summed E-state index contributed by atoms with van der Waals surface area (Å²) in [5.41, 5.74) is 2.26. The maximum Gasteiger partial charge on any atom is 0.258 e. The first-order chi connectivity index (χ1) is 18.7. The summed E-state index contributed by atoms with van der Waals surface area (Å²) in [6, 6.07) is 13.5. The van der Waals surface area contributed by atoms with Gasteiger partial charge in [-0.3, -0.25) is 19.5 Å². The summed E-state index contributed by atoms with van der Waals surface area (Å²) in [6.45, 7) is 5.29. The molecule has 4 rings (SSSR count). The number of pyridine rings is 1. The number of nitrogens with zero attached hydrogens (tertiary/aromatic N) is 3. The van der Waals surface area contributed by atoms with Crippen molar-refractivity contribution >= 4 is 40.7 Å². The van der Waals surface area contributed by atoms with Crippen LogP contribution in [0.5, 0.6) is 5.75 Å². The molecule has 0 saturated heterocycles. The Hall–Kier alpha value is -3.17. The fraction of sp³-hybridized carbons (Fsp3) is 0.345. The number of aromatic nitrogens is 1. The Morgan fingerprint density at radius 1 is 1.18 bits per heavy atom. The van der Waals surface area contributed by atoms with Gasteiger partial charge >= 0.3 is 0 Å². The number of fused-ring (bicyclic) bond motifs is 1. The second-order valence-corrected chi connectivity index (χ2v) is 10.8. The van der Waals surface area contributed by atoms with Gasteiger partial charge in [-0.05, 0) is 62.0 Å². The van der Waals surface area contributed by atoms with Gasteiger partial charge in [-0.15, -0.1) is 0 Å². The van der Waals surface area contributed by atoms with Crippen LogP contribution in [0.15, 0.2) is 60.9 Å². The van der Waals surface area contributed by atoms with E-state index < -0.39 is 6.04 Å². The van der Waals surface area contributed by atoms with Crippen LogP contribution in [0, 0.1) is 5.92 Å². The maximum absolute atomic E-state index is 13.7. The second-order valence-electron chi connectivity index (χ2n) is 9.97. The number of ether oxygens (including phenoxy) is 1. The van der Waals surface area contributed by atoms with E-state index in [2.05, 4.69) is 15.2 Å². The first-order valence-electron chi connectivity index (χ1n) is 12.7. The lowest BCUT2D eigenvalue weighted by Crippen LogP contribution is -2.49. The number of aliphatic hydroxyl groups excluding tert-OH is 1. The Morgan fingerprint density at radius 2 is 1.92 bits per heavy atom. The molecule has 0 spiro atoms. The van der Waals surface area contributed by atoms with Crippen LogP contribution in [-0.2, 0) is 6.54 Å². The van der Waals surface area contributed by atoms with Crippen molar-refractivity contribution in [3.63, 3.8) is 0 Å². The largest absolute Gasteiger partial charge is 0.488 e. The minimum atomic E-state index is -0.393. The van der Waals surface area contributed by atoms with Gasteiger partial charge in [0.25, 0.3) is 11.8 Å². The molecule has 1 aliphatic rings. The zero-order valence-corrected chi connectivity index (χ0v) is 23.6. The minimum Gasteiger partial charge on any atom is -0.488 e. The van der Waals surface area contributed by atoms with E-state index in [0.29, 0.717) is 52.2 Å². The molecule has 0 fully saturated rings. The number of anilines is 1. The van der Waals surface area contributed by atoms with Gasteiger partial charge in [0.1, 0.15) is 11.9 Å². The average molecular weight is 572 g/mol. The summed E-state index contributed by atoms with van der Waals surface area (Å²) in [5, 5.41) is 13.8. The van der Waals surface area contributed by atoms with Crippen LogP contribution in [0.4, 0.5) is 5.69 Å². The first kappa shape index (κ1) is 28.8. The van der Waals surface area contributed by atoms with Crippen molar-refractivity contribution in [1.82, 2.24) is 14.8 Å². The van der Waals surface area contributed by atoms with Gasteiger partial charge in [-0.2, -0.15) is 0 Å². The Morgan fingerprint density at radius 3 is 2.62 bits per heavy atom. The van der Waals surface area contributed by atoms with E-state index in [0.717, 1.165) is 5.56 Å². The third-order valence-corrected chi connectivity index (χ3v) is 7.53. The number of hydrogen-bond donors (Lipinski definition) is 2. The van der Waals surface area contributed by atoms with Crippen molar-refractivity contribution in [2.24, 2.45) is 5.92 Å². The fourth-order valence-electron chi connectivity index (χ4n) is 4.55. The molecule has 8 nitrogen and oxygen atoms in total. The lowest BCUT2D eigenvalue weighted by atomic mass is 9.99. The van der Waals surface area contributed by atoms with Crippen molar-refractivity contribution in [1.29, 1.82) is 0 Å². The highest BCUT2D eigenvalue weighted by molar-refractivity contribution is 6.42. The third kappa shape index (κ3) is 7.08. The van der Waals surface area contributed by atoms with Crippen molar-refractivity contribution in [2.45, 2.75) is 32.5 Å². The van der Waals surface area contributed by atoms with Crippen LogP contribution in [0.3, 0.4) is 0 Å². The molecule has 3 aromatic rings. The van der Waals surface area contributed by atoms with Crippen molar-refractivity contribution in [3.8, 4) is 5.75 Å². The predicted molar refractivity (Wildman–Crippen MR) is 153 cm³/mol. The lowest BCUT2D eigenvalue weighted by molar-refractivity contribution is 0.0341. The average Bonchev–Trinajstić information content (AvgIpc) is 2.93. The molecule has 0 saturated carbocycles. The smallest absolute Gasteiger partial charge is 0.258 e. The highest BCUT2D eigenvalue weighted by atomic mass is 35.5. The van der Waals surface area contributed by atoms with Gasteiger partial charge in [-0.25, -0.2) is 0 Å². The molecule has 10 heteroatoms. The summed E-state index contributed by atoms with van der Waals surface area (Å²) >= 11 is 12.3. The highest BCUT2D eigenvalue weighted by Crippen LogP contribution is 2.31. The number of carbonyl (C=O) groups excluding carboxylic acids is 2. The molecule has 0 bridgehead atoms. The van der Waals surface area contributed by atoms with E-state index >= 15 is 0 Å². The highest BCUT2D eigenvalue weighted by Gasteiger charge is 2.33. The van der Waals surface area contributed by atoms with E-state index in [1.54, 1.807) is 53.7 Å². The van der Waals surface area contributed by atoms with E-state index in [1.165, 1.54) is 0 Å². The number of benzene rings is 2. The Labute approximate surface area is 238 Å². The van der Waals surface area contributed by atoms with Gasteiger partial charge < -0.3 is 20.1 Å². The van der Waals surface area contributed by atoms with Gasteiger partial charge in [0, 0.05) is 49.2 Å². The third-order valence-electron chi connectivity index (χ3n) is 6.79. The molecule has 1 aliphatic heterocycles. The topological polar surface area (TPSA) is 95.0 Å². The summed E-state index contributed by atoms with van der Waals surface area (Å²) in [6.07, 6.45) is 2.83. The van der Waals surface area contributed by atoms with Gasteiger partial charge in [0.15, 0.2) is 0 Å². The summed E-state index contributed by atoms with van der Waals surface area (Å²) in [7, 11) is 2.00. The normalized spacial score (nSPS) is 18.1. The number of carbonyl (C=O) groups is 2. The van der Waals surface area contributed by atoms with Crippen molar-refractivity contribution in [3.05, 3.63) is 87.7 Å². The molecule has 2 amide bonds. The quantitative estimate of drug-likeness (QED) is 0.396. The lowest BCUT2D eigenvalue weighted by Gasteiger charge is -2.38. The number of likely N-dealkylation sites (N-methyl/N-ethyl adjacent to an activating group) is 1. The summed E-state index contributed by atoms with van der Waals surface area (Å²) < 4.78 is 6.46. The molecule has 39 heavy (non-hydrogen) atoms. The molecule has 2 N–H and O–H groups in total. The molecular formula is C29H32Cl2N4O4. The number of halogens is 2. The van der Waals surface area contributed by atoms with Crippen LogP contribution in [-0.4, -0.2) is 70.6 Å². The zero-order chi connectivity index (χ0) is 28.1. The van der Waals surface area contributed by atoms with E-state index in [-0.39, 0.29) is 30.4 Å². The van der Waals surface area contributed by atoms with E-state index in [9.17, 15) is 14.7 Å². The van der Waals surface area contributed by atoms with E-state index in [4.69, 9.17) is 27.9 Å². The Bertz CT molecular complexity index is 1320. The number of nitrogens with one attached hydrogen (secondary N) is 1.